The molecule has 6 rings (SSSR count). The number of hydrogen-bond acceptors (Lipinski definition) is 4. The summed E-state index contributed by atoms with van der Waals surface area (Å²) in [4.78, 5) is 31.8. The molecule has 3 heterocycles. The fourth-order valence-corrected chi connectivity index (χ4v) is 7.29. The second-order valence-electron chi connectivity index (χ2n) is 11.5. The molecule has 47 heavy (non-hydrogen) atoms. The third-order valence-electron chi connectivity index (χ3n) is 8.40. The van der Waals surface area contributed by atoms with Gasteiger partial charge in [0, 0.05) is 68.9 Å². The predicted octanol–water partition coefficient (Wildman–Crippen LogP) is 10.1. The van der Waals surface area contributed by atoms with Crippen molar-refractivity contribution in [3.8, 4) is 0 Å². The molecule has 1 aliphatic carbocycles. The number of hydrogen-bond donors (Lipinski definition) is 3. The van der Waals surface area contributed by atoms with E-state index in [-0.39, 0.29) is 11.8 Å². The van der Waals surface area contributed by atoms with E-state index in [0.717, 1.165) is 83.5 Å². The minimum absolute atomic E-state index is 0.110. The number of carbonyl (C=O) groups is 2. The SMILES string of the molecule is CC.CC.CNC1CC1.Cc1[nH]c(/C=C2\C(=O)Nc3ccc(SCc4c(Cl)cccc4Cl)cc32)c(C)c1CCCC(=O)N1CCCC1. The predicted molar refractivity (Wildman–Crippen MR) is 203 cm³/mol. The largest absolute Gasteiger partial charge is 0.359 e. The highest BCUT2D eigenvalue weighted by Gasteiger charge is 2.26. The molecule has 2 amide bonds. The van der Waals surface area contributed by atoms with Crippen LogP contribution in [0.4, 0.5) is 5.69 Å². The topological polar surface area (TPSA) is 77.2 Å². The van der Waals surface area contributed by atoms with Crippen LogP contribution in [0.15, 0.2) is 41.3 Å². The number of aryl methyl sites for hydroxylation is 1. The van der Waals surface area contributed by atoms with E-state index in [9.17, 15) is 9.59 Å². The van der Waals surface area contributed by atoms with Crippen LogP contribution >= 0.6 is 35.0 Å². The summed E-state index contributed by atoms with van der Waals surface area (Å²) in [6.45, 7) is 13.9. The van der Waals surface area contributed by atoms with E-state index in [4.69, 9.17) is 23.2 Å². The van der Waals surface area contributed by atoms with Gasteiger partial charge in [0.2, 0.25) is 5.91 Å². The van der Waals surface area contributed by atoms with E-state index in [1.165, 1.54) is 18.4 Å². The molecule has 256 valence electrons. The molecule has 3 aliphatic rings. The summed E-state index contributed by atoms with van der Waals surface area (Å²) in [7, 11) is 2.01. The van der Waals surface area contributed by atoms with E-state index in [2.05, 4.69) is 29.5 Å². The molecule has 1 saturated carbocycles. The zero-order chi connectivity index (χ0) is 34.5. The van der Waals surface area contributed by atoms with Crippen LogP contribution in [0.1, 0.15) is 99.9 Å². The zero-order valence-corrected chi connectivity index (χ0v) is 31.4. The molecule has 3 aromatic rings. The Morgan fingerprint density at radius 3 is 2.28 bits per heavy atom. The van der Waals surface area contributed by atoms with Crippen LogP contribution in [0.2, 0.25) is 10.0 Å². The summed E-state index contributed by atoms with van der Waals surface area (Å²) in [5.74, 6) is 0.789. The number of rotatable bonds is 9. The summed E-state index contributed by atoms with van der Waals surface area (Å²) >= 11 is 14.3. The fraction of sp³-hybridized carbons (Fsp3) is 0.474. The highest BCUT2D eigenvalue weighted by Crippen LogP contribution is 2.38. The molecule has 1 aromatic heterocycles. The Hall–Kier alpha value is -2.71. The van der Waals surface area contributed by atoms with Gasteiger partial charge in [-0.1, -0.05) is 57.0 Å². The molecule has 2 fully saturated rings. The number of aromatic nitrogens is 1. The zero-order valence-electron chi connectivity index (χ0n) is 29.1. The first-order chi connectivity index (χ1) is 22.7. The maximum absolute atomic E-state index is 12.9. The first-order valence-corrected chi connectivity index (χ1v) is 18.9. The normalized spacial score (nSPS) is 15.6. The van der Waals surface area contributed by atoms with Gasteiger partial charge in [-0.3, -0.25) is 9.59 Å². The number of aromatic amines is 1. The Morgan fingerprint density at radius 1 is 1.02 bits per heavy atom. The number of nitrogens with zero attached hydrogens (tertiary/aromatic N) is 1. The van der Waals surface area contributed by atoms with Gasteiger partial charge in [0.25, 0.3) is 5.91 Å². The summed E-state index contributed by atoms with van der Waals surface area (Å²) < 4.78 is 0. The summed E-state index contributed by atoms with van der Waals surface area (Å²) in [6, 6.07) is 12.4. The number of halogens is 2. The highest BCUT2D eigenvalue weighted by molar-refractivity contribution is 7.98. The van der Waals surface area contributed by atoms with E-state index in [1.54, 1.807) is 11.8 Å². The fourth-order valence-electron chi connectivity index (χ4n) is 5.62. The standard InChI is InChI=1S/C30H31Cl2N3O2S.C4H9N.2C2H6/c1-18-21(7-5-10-29(36)35-13-3-4-14-35)19(2)33-28(18)16-23-22-15-20(11-12-27(22)34-30(23)37)38-17-24-25(31)8-6-9-26(24)32;1-5-4-2-3-4;2*1-2/h6,8-9,11-12,15-16,33H,3-5,7,10,13-14,17H2,1-2H3,(H,34,37);4-5H,2-3H2,1H3;2*1-2H3/b23-16-;;;. The molecule has 6 nitrogen and oxygen atoms in total. The number of anilines is 1. The Morgan fingerprint density at radius 2 is 1.68 bits per heavy atom. The average Bonchev–Trinajstić information content (AvgIpc) is 3.56. The lowest BCUT2D eigenvalue weighted by Gasteiger charge is -2.14. The van der Waals surface area contributed by atoms with Crippen LogP contribution in [-0.2, 0) is 21.8 Å². The van der Waals surface area contributed by atoms with Gasteiger partial charge in [0.1, 0.15) is 0 Å². The molecule has 2 aliphatic heterocycles. The van der Waals surface area contributed by atoms with Crippen molar-refractivity contribution in [2.75, 3.05) is 25.5 Å². The number of likely N-dealkylation sites (tertiary alicyclic amines) is 1. The Balaban J connectivity index is 0.000000592. The van der Waals surface area contributed by atoms with Gasteiger partial charge in [0.15, 0.2) is 0 Å². The number of H-pyrrole nitrogens is 1. The second kappa shape index (κ2) is 19.3. The molecule has 0 radical (unpaired) electrons. The van der Waals surface area contributed by atoms with Crippen LogP contribution in [0.25, 0.3) is 11.6 Å². The Labute approximate surface area is 296 Å². The van der Waals surface area contributed by atoms with Gasteiger partial charge < -0.3 is 20.5 Å². The Bertz CT molecular complexity index is 1500. The molecular weight excluding hydrogens is 647 g/mol. The lowest BCUT2D eigenvalue weighted by atomic mass is 10.0. The van der Waals surface area contributed by atoms with Crippen molar-refractivity contribution in [3.63, 3.8) is 0 Å². The van der Waals surface area contributed by atoms with Crippen molar-refractivity contribution >= 4 is 64.1 Å². The number of amides is 2. The molecule has 2 aromatic carbocycles. The molecule has 0 spiro atoms. The van der Waals surface area contributed by atoms with Gasteiger partial charge >= 0.3 is 0 Å². The van der Waals surface area contributed by atoms with Crippen molar-refractivity contribution in [3.05, 3.63) is 80.1 Å². The molecule has 3 N–H and O–H groups in total. The maximum atomic E-state index is 12.9. The van der Waals surface area contributed by atoms with Crippen molar-refractivity contribution in [2.24, 2.45) is 0 Å². The molecule has 1 saturated heterocycles. The summed E-state index contributed by atoms with van der Waals surface area (Å²) in [6.07, 6.45) is 9.22. The minimum atomic E-state index is -0.110. The molecule has 9 heteroatoms. The summed E-state index contributed by atoms with van der Waals surface area (Å²) in [5, 5.41) is 7.43. The second-order valence-corrected chi connectivity index (χ2v) is 13.3. The van der Waals surface area contributed by atoms with Crippen LogP contribution in [-0.4, -0.2) is 47.9 Å². The Kier molecular flexibility index (Phi) is 15.9. The van der Waals surface area contributed by atoms with Crippen molar-refractivity contribution in [1.82, 2.24) is 15.2 Å². The molecule has 0 unspecified atom stereocenters. The number of carbonyl (C=O) groups excluding carboxylic acids is 2. The van der Waals surface area contributed by atoms with Gasteiger partial charge in [-0.2, -0.15) is 0 Å². The lowest BCUT2D eigenvalue weighted by Crippen LogP contribution is -2.27. The number of nitrogens with one attached hydrogen (secondary N) is 3. The lowest BCUT2D eigenvalue weighted by molar-refractivity contribution is -0.130. The smallest absolute Gasteiger partial charge is 0.256 e. The van der Waals surface area contributed by atoms with Gasteiger partial charge in [-0.05, 0) is 113 Å². The quantitative estimate of drug-likeness (QED) is 0.154. The third-order valence-corrected chi connectivity index (χ3v) is 10.1. The van der Waals surface area contributed by atoms with Crippen LogP contribution < -0.4 is 10.6 Å². The van der Waals surface area contributed by atoms with Gasteiger partial charge in [-0.25, -0.2) is 0 Å². The van der Waals surface area contributed by atoms with Gasteiger partial charge in [-0.15, -0.1) is 11.8 Å². The number of thioether (sulfide) groups is 1. The number of fused-ring (bicyclic) bond motifs is 1. The first-order valence-electron chi connectivity index (χ1n) is 17.1. The third kappa shape index (κ3) is 10.6. The summed E-state index contributed by atoms with van der Waals surface area (Å²) in [5.41, 5.74) is 7.61. The highest BCUT2D eigenvalue weighted by atomic mass is 35.5. The van der Waals surface area contributed by atoms with Crippen molar-refractivity contribution < 1.29 is 9.59 Å². The van der Waals surface area contributed by atoms with Gasteiger partial charge in [0.05, 0.1) is 5.57 Å². The number of benzene rings is 2. The van der Waals surface area contributed by atoms with Crippen LogP contribution in [0.3, 0.4) is 0 Å². The van der Waals surface area contributed by atoms with E-state index in [0.29, 0.717) is 27.8 Å². The van der Waals surface area contributed by atoms with Crippen molar-refractivity contribution in [2.45, 2.75) is 103 Å². The average molecular weight is 700 g/mol. The maximum Gasteiger partial charge on any atom is 0.256 e. The molecule has 0 bridgehead atoms. The van der Waals surface area contributed by atoms with E-state index >= 15 is 0 Å². The molecule has 0 atom stereocenters. The van der Waals surface area contributed by atoms with Crippen molar-refractivity contribution in [1.29, 1.82) is 0 Å². The van der Waals surface area contributed by atoms with E-state index in [1.807, 2.05) is 82.1 Å². The molecular formula is C38H52Cl2N4O2S. The van der Waals surface area contributed by atoms with Crippen LogP contribution in [0, 0.1) is 13.8 Å². The minimum Gasteiger partial charge on any atom is -0.359 e. The monoisotopic (exact) mass is 698 g/mol. The van der Waals surface area contributed by atoms with E-state index < -0.39 is 0 Å². The van der Waals surface area contributed by atoms with Crippen LogP contribution in [0.5, 0.6) is 0 Å². The first kappa shape index (κ1) is 38.7.